The predicted molar refractivity (Wildman–Crippen MR) is 72.0 cm³/mol. The molecule has 1 aromatic carbocycles. The van der Waals surface area contributed by atoms with Crippen molar-refractivity contribution in [1.29, 1.82) is 0 Å². The molecule has 0 saturated carbocycles. The normalized spacial score (nSPS) is 17.7. The first-order valence-electron chi connectivity index (χ1n) is 6.42. The van der Waals surface area contributed by atoms with Gasteiger partial charge in [-0.2, -0.15) is 0 Å². The van der Waals surface area contributed by atoms with Crippen molar-refractivity contribution in [3.05, 3.63) is 24.3 Å². The Balaban J connectivity index is 1.79. The highest BCUT2D eigenvalue weighted by atomic mass is 16.5. The van der Waals surface area contributed by atoms with Gasteiger partial charge >= 0.3 is 7.12 Å². The summed E-state index contributed by atoms with van der Waals surface area (Å²) in [4.78, 5) is 2.34. The molecule has 1 aliphatic rings. The Labute approximate surface area is 108 Å². The SMILES string of the molecule is CN1CCC(COc2ccc(B(O)O)cc2)CC1. The number of benzene rings is 1. The molecule has 0 unspecified atom stereocenters. The summed E-state index contributed by atoms with van der Waals surface area (Å²) < 4.78 is 5.73. The molecule has 0 aromatic heterocycles. The fourth-order valence-electron chi connectivity index (χ4n) is 2.18. The molecule has 0 spiro atoms. The first-order valence-corrected chi connectivity index (χ1v) is 6.42. The van der Waals surface area contributed by atoms with Crippen LogP contribution in [0.25, 0.3) is 0 Å². The molecule has 2 N–H and O–H groups in total. The van der Waals surface area contributed by atoms with Gasteiger partial charge in [-0.25, -0.2) is 0 Å². The molecule has 0 radical (unpaired) electrons. The molecule has 18 heavy (non-hydrogen) atoms. The zero-order valence-corrected chi connectivity index (χ0v) is 10.7. The number of hydrogen-bond donors (Lipinski definition) is 2. The van der Waals surface area contributed by atoms with Gasteiger partial charge in [-0.3, -0.25) is 0 Å². The van der Waals surface area contributed by atoms with Crippen LogP contribution < -0.4 is 10.2 Å². The molecule has 5 heteroatoms. The third-order valence-corrected chi connectivity index (χ3v) is 3.50. The van der Waals surface area contributed by atoms with Gasteiger partial charge in [-0.15, -0.1) is 0 Å². The largest absolute Gasteiger partial charge is 0.493 e. The van der Waals surface area contributed by atoms with Crippen molar-refractivity contribution in [3.63, 3.8) is 0 Å². The Hall–Kier alpha value is -1.04. The fourth-order valence-corrected chi connectivity index (χ4v) is 2.18. The van der Waals surface area contributed by atoms with Crippen LogP contribution in [-0.4, -0.2) is 48.8 Å². The lowest BCUT2D eigenvalue weighted by molar-refractivity contribution is 0.160. The number of piperidine rings is 1. The summed E-state index contributed by atoms with van der Waals surface area (Å²) >= 11 is 0. The second-order valence-electron chi connectivity index (χ2n) is 5.00. The number of rotatable bonds is 4. The second-order valence-corrected chi connectivity index (χ2v) is 5.00. The van der Waals surface area contributed by atoms with Gasteiger partial charge in [-0.1, -0.05) is 12.1 Å². The van der Waals surface area contributed by atoms with Gasteiger partial charge in [0.1, 0.15) is 5.75 Å². The summed E-state index contributed by atoms with van der Waals surface area (Å²) in [6, 6.07) is 6.91. The number of nitrogens with zero attached hydrogens (tertiary/aromatic N) is 1. The summed E-state index contributed by atoms with van der Waals surface area (Å²) in [5.74, 6) is 1.42. The molecular formula is C13H20BNO3. The Morgan fingerprint density at radius 3 is 2.39 bits per heavy atom. The molecule has 98 valence electrons. The molecule has 1 aromatic rings. The first kappa shape index (κ1) is 13.4. The Bertz CT molecular complexity index is 361. The average molecular weight is 249 g/mol. The average Bonchev–Trinajstić information content (AvgIpc) is 2.38. The summed E-state index contributed by atoms with van der Waals surface area (Å²) in [6.07, 6.45) is 2.37. The molecule has 0 aliphatic carbocycles. The van der Waals surface area contributed by atoms with Crippen molar-refractivity contribution in [1.82, 2.24) is 4.90 Å². The molecule has 0 bridgehead atoms. The summed E-state index contributed by atoms with van der Waals surface area (Å²) in [5, 5.41) is 18.0. The van der Waals surface area contributed by atoms with E-state index in [0.717, 1.165) is 25.4 Å². The zero-order chi connectivity index (χ0) is 13.0. The Kier molecular flexibility index (Phi) is 4.63. The van der Waals surface area contributed by atoms with Gasteiger partial charge in [0.05, 0.1) is 6.61 Å². The maximum absolute atomic E-state index is 8.98. The Morgan fingerprint density at radius 1 is 1.22 bits per heavy atom. The highest BCUT2D eigenvalue weighted by Crippen LogP contribution is 2.18. The quantitative estimate of drug-likeness (QED) is 0.742. The topological polar surface area (TPSA) is 52.9 Å². The maximum Gasteiger partial charge on any atom is 0.488 e. The maximum atomic E-state index is 8.98. The van der Waals surface area contributed by atoms with Crippen LogP contribution in [0.15, 0.2) is 24.3 Å². The van der Waals surface area contributed by atoms with Crippen LogP contribution in [0.5, 0.6) is 5.75 Å². The van der Waals surface area contributed by atoms with Crippen molar-refractivity contribution in [2.75, 3.05) is 26.7 Å². The van der Waals surface area contributed by atoms with Crippen LogP contribution in [0.1, 0.15) is 12.8 Å². The lowest BCUT2D eigenvalue weighted by atomic mass is 9.80. The van der Waals surface area contributed by atoms with Crippen molar-refractivity contribution >= 4 is 12.6 Å². The van der Waals surface area contributed by atoms with E-state index in [9.17, 15) is 0 Å². The lowest BCUT2D eigenvalue weighted by Crippen LogP contribution is -2.32. The minimum atomic E-state index is -1.41. The van der Waals surface area contributed by atoms with Crippen molar-refractivity contribution in [2.45, 2.75) is 12.8 Å². The molecule has 0 atom stereocenters. The van der Waals surface area contributed by atoms with Crippen LogP contribution in [0.4, 0.5) is 0 Å². The van der Waals surface area contributed by atoms with Gasteiger partial charge in [0, 0.05) is 0 Å². The van der Waals surface area contributed by atoms with E-state index in [-0.39, 0.29) is 0 Å². The Morgan fingerprint density at radius 2 is 1.83 bits per heavy atom. The van der Waals surface area contributed by atoms with Crippen molar-refractivity contribution < 1.29 is 14.8 Å². The number of likely N-dealkylation sites (tertiary alicyclic amines) is 1. The lowest BCUT2D eigenvalue weighted by Gasteiger charge is -2.28. The molecular weight excluding hydrogens is 229 g/mol. The van der Waals surface area contributed by atoms with E-state index >= 15 is 0 Å². The zero-order valence-electron chi connectivity index (χ0n) is 10.7. The van der Waals surface area contributed by atoms with Crippen LogP contribution in [0.3, 0.4) is 0 Å². The standard InChI is InChI=1S/C13H20BNO3/c1-15-8-6-11(7-9-15)10-18-13-4-2-12(3-5-13)14(16)17/h2-5,11,16-17H,6-10H2,1H3. The van der Waals surface area contributed by atoms with Gasteiger partial charge in [-0.05, 0) is 56.5 Å². The number of hydrogen-bond acceptors (Lipinski definition) is 4. The molecule has 1 fully saturated rings. The van der Waals surface area contributed by atoms with E-state index in [1.165, 1.54) is 12.8 Å². The first-order chi connectivity index (χ1) is 8.65. The molecule has 2 rings (SSSR count). The van der Waals surface area contributed by atoms with Crippen molar-refractivity contribution in [3.8, 4) is 5.75 Å². The van der Waals surface area contributed by atoms with E-state index < -0.39 is 7.12 Å². The monoisotopic (exact) mass is 249 g/mol. The van der Waals surface area contributed by atoms with Crippen LogP contribution in [0, 0.1) is 5.92 Å². The smallest absolute Gasteiger partial charge is 0.488 e. The van der Waals surface area contributed by atoms with E-state index in [4.69, 9.17) is 14.8 Å². The fraction of sp³-hybridized carbons (Fsp3) is 0.538. The molecule has 0 amide bonds. The van der Waals surface area contributed by atoms with Crippen molar-refractivity contribution in [2.24, 2.45) is 5.92 Å². The van der Waals surface area contributed by atoms with Crippen LogP contribution in [-0.2, 0) is 0 Å². The number of ether oxygens (including phenoxy) is 1. The molecule has 1 aliphatic heterocycles. The van der Waals surface area contributed by atoms with E-state index in [1.54, 1.807) is 24.3 Å². The van der Waals surface area contributed by atoms with E-state index in [2.05, 4.69) is 11.9 Å². The van der Waals surface area contributed by atoms with Gasteiger partial charge < -0.3 is 19.7 Å². The second kappa shape index (κ2) is 6.23. The summed E-state index contributed by atoms with van der Waals surface area (Å²) in [7, 11) is 0.739. The molecule has 4 nitrogen and oxygen atoms in total. The molecule has 1 heterocycles. The third-order valence-electron chi connectivity index (χ3n) is 3.50. The highest BCUT2D eigenvalue weighted by molar-refractivity contribution is 6.58. The summed E-state index contributed by atoms with van der Waals surface area (Å²) in [6.45, 7) is 3.03. The molecule has 1 saturated heterocycles. The van der Waals surface area contributed by atoms with Gasteiger partial charge in [0.15, 0.2) is 0 Å². The minimum Gasteiger partial charge on any atom is -0.493 e. The predicted octanol–water partition coefficient (Wildman–Crippen LogP) is 0.0870. The van der Waals surface area contributed by atoms with Crippen LogP contribution >= 0.6 is 0 Å². The van der Waals surface area contributed by atoms with E-state index in [1.807, 2.05) is 0 Å². The van der Waals surface area contributed by atoms with E-state index in [0.29, 0.717) is 11.4 Å². The minimum absolute atomic E-state index is 0.488. The van der Waals surface area contributed by atoms with Gasteiger partial charge in [0.25, 0.3) is 0 Å². The van der Waals surface area contributed by atoms with Gasteiger partial charge in [0.2, 0.25) is 0 Å². The highest BCUT2D eigenvalue weighted by Gasteiger charge is 2.17. The summed E-state index contributed by atoms with van der Waals surface area (Å²) in [5.41, 5.74) is 0.488. The van der Waals surface area contributed by atoms with Crippen LogP contribution in [0.2, 0.25) is 0 Å². The third kappa shape index (κ3) is 3.73.